The zero-order valence-corrected chi connectivity index (χ0v) is 7.24. The van der Waals surface area contributed by atoms with E-state index in [0.717, 1.165) is 5.56 Å². The van der Waals surface area contributed by atoms with Crippen LogP contribution in [0.3, 0.4) is 0 Å². The van der Waals surface area contributed by atoms with Gasteiger partial charge in [0.05, 0.1) is 25.2 Å². The highest BCUT2D eigenvalue weighted by atomic mass is 16.5. The van der Waals surface area contributed by atoms with Gasteiger partial charge in [-0.05, 0) is 17.7 Å². The summed E-state index contributed by atoms with van der Waals surface area (Å²) in [7, 11) is 1.51. The zero-order valence-electron chi connectivity index (χ0n) is 7.24. The topological polar surface area (TPSA) is 56.8 Å². The Labute approximate surface area is 76.8 Å². The molecular weight excluding hydrogens is 164 g/mol. The molecule has 0 aliphatic carbocycles. The minimum atomic E-state index is 0.318. The Kier molecular flexibility index (Phi) is 2.89. The van der Waals surface area contributed by atoms with Crippen LogP contribution < -0.4 is 4.74 Å². The van der Waals surface area contributed by atoms with Gasteiger partial charge in [0.25, 0.3) is 0 Å². The molecule has 13 heavy (non-hydrogen) atoms. The van der Waals surface area contributed by atoms with Crippen LogP contribution in [0.15, 0.2) is 18.2 Å². The van der Waals surface area contributed by atoms with Gasteiger partial charge in [0.2, 0.25) is 0 Å². The van der Waals surface area contributed by atoms with Crippen LogP contribution >= 0.6 is 0 Å². The average molecular weight is 172 g/mol. The van der Waals surface area contributed by atoms with Crippen LogP contribution in [0.5, 0.6) is 5.75 Å². The van der Waals surface area contributed by atoms with Gasteiger partial charge in [-0.2, -0.15) is 10.5 Å². The zero-order chi connectivity index (χ0) is 9.68. The number of nitriles is 2. The van der Waals surface area contributed by atoms with E-state index in [4.69, 9.17) is 15.3 Å². The molecule has 1 aromatic rings. The maximum Gasteiger partial charge on any atom is 0.136 e. The van der Waals surface area contributed by atoms with E-state index in [1.165, 1.54) is 7.11 Å². The van der Waals surface area contributed by atoms with Gasteiger partial charge in [0, 0.05) is 0 Å². The Morgan fingerprint density at radius 3 is 2.69 bits per heavy atom. The van der Waals surface area contributed by atoms with Gasteiger partial charge in [0.1, 0.15) is 11.8 Å². The summed E-state index contributed by atoms with van der Waals surface area (Å²) in [6.07, 6.45) is 0.318. The summed E-state index contributed by atoms with van der Waals surface area (Å²) in [5.41, 5.74) is 1.30. The van der Waals surface area contributed by atoms with E-state index in [1.54, 1.807) is 18.2 Å². The second kappa shape index (κ2) is 4.13. The van der Waals surface area contributed by atoms with Crippen molar-refractivity contribution in [2.45, 2.75) is 6.42 Å². The van der Waals surface area contributed by atoms with Crippen molar-refractivity contribution in [1.82, 2.24) is 0 Å². The standard InChI is InChI=1S/C10H8N2O/c1-13-10-3-2-8(4-5-11)6-9(10)7-12/h2-3,6H,4H2,1H3. The first-order chi connectivity index (χ1) is 6.31. The first-order valence-corrected chi connectivity index (χ1v) is 3.75. The maximum atomic E-state index is 8.73. The van der Waals surface area contributed by atoms with E-state index < -0.39 is 0 Å². The summed E-state index contributed by atoms with van der Waals surface area (Å²) >= 11 is 0. The van der Waals surface area contributed by atoms with Gasteiger partial charge in [-0.1, -0.05) is 6.07 Å². The maximum absolute atomic E-state index is 8.73. The quantitative estimate of drug-likeness (QED) is 0.681. The van der Waals surface area contributed by atoms with Gasteiger partial charge in [0.15, 0.2) is 0 Å². The predicted octanol–water partition coefficient (Wildman–Crippen LogP) is 1.63. The minimum Gasteiger partial charge on any atom is -0.495 e. The molecule has 0 aromatic heterocycles. The van der Waals surface area contributed by atoms with Crippen LogP contribution in [0, 0.1) is 22.7 Å². The van der Waals surface area contributed by atoms with Gasteiger partial charge >= 0.3 is 0 Å². The van der Waals surface area contributed by atoms with Gasteiger partial charge < -0.3 is 4.74 Å². The molecule has 0 saturated heterocycles. The Hall–Kier alpha value is -2.00. The third-order valence-electron chi connectivity index (χ3n) is 1.67. The van der Waals surface area contributed by atoms with Gasteiger partial charge in [-0.25, -0.2) is 0 Å². The lowest BCUT2D eigenvalue weighted by molar-refractivity contribution is 0.413. The fourth-order valence-corrected chi connectivity index (χ4v) is 1.04. The first kappa shape index (κ1) is 9.09. The molecule has 0 N–H and O–H groups in total. The number of methoxy groups -OCH3 is 1. The molecular formula is C10H8N2O. The van der Waals surface area contributed by atoms with E-state index in [2.05, 4.69) is 0 Å². The molecule has 0 spiro atoms. The van der Waals surface area contributed by atoms with Crippen LogP contribution in [0.4, 0.5) is 0 Å². The highest BCUT2D eigenvalue weighted by Gasteiger charge is 2.02. The summed E-state index contributed by atoms with van der Waals surface area (Å²) < 4.78 is 4.96. The van der Waals surface area contributed by atoms with E-state index in [-0.39, 0.29) is 0 Å². The van der Waals surface area contributed by atoms with Gasteiger partial charge in [-0.15, -0.1) is 0 Å². The summed E-state index contributed by atoms with van der Waals surface area (Å²) in [5.74, 6) is 0.546. The summed E-state index contributed by atoms with van der Waals surface area (Å²) in [5, 5.41) is 17.2. The number of nitrogens with zero attached hydrogens (tertiary/aromatic N) is 2. The molecule has 0 heterocycles. The van der Waals surface area contributed by atoms with Crippen molar-refractivity contribution in [2.24, 2.45) is 0 Å². The fourth-order valence-electron chi connectivity index (χ4n) is 1.04. The lowest BCUT2D eigenvalue weighted by Crippen LogP contribution is -1.90. The Morgan fingerprint density at radius 1 is 1.38 bits per heavy atom. The van der Waals surface area contributed by atoms with Crippen LogP contribution in [0.2, 0.25) is 0 Å². The molecule has 0 fully saturated rings. The Balaban J connectivity index is 3.09. The normalized spacial score (nSPS) is 8.54. The van der Waals surface area contributed by atoms with Gasteiger partial charge in [-0.3, -0.25) is 0 Å². The number of hydrogen-bond acceptors (Lipinski definition) is 3. The molecule has 0 saturated carbocycles. The molecule has 0 radical (unpaired) electrons. The third kappa shape index (κ3) is 1.98. The van der Waals surface area contributed by atoms with Crippen LogP contribution in [0.1, 0.15) is 11.1 Å². The van der Waals surface area contributed by atoms with Crippen molar-refractivity contribution in [1.29, 1.82) is 10.5 Å². The van der Waals surface area contributed by atoms with Crippen molar-refractivity contribution in [3.05, 3.63) is 29.3 Å². The van der Waals surface area contributed by atoms with E-state index in [0.29, 0.717) is 17.7 Å². The van der Waals surface area contributed by atoms with Crippen LogP contribution in [0.25, 0.3) is 0 Å². The van der Waals surface area contributed by atoms with Crippen molar-refractivity contribution < 1.29 is 4.74 Å². The second-order valence-electron chi connectivity index (χ2n) is 2.48. The highest BCUT2D eigenvalue weighted by molar-refractivity contribution is 5.45. The lowest BCUT2D eigenvalue weighted by atomic mass is 10.1. The fraction of sp³-hybridized carbons (Fsp3) is 0.200. The largest absolute Gasteiger partial charge is 0.495 e. The number of rotatable bonds is 2. The predicted molar refractivity (Wildman–Crippen MR) is 47.0 cm³/mol. The van der Waals surface area contributed by atoms with E-state index >= 15 is 0 Å². The molecule has 3 nitrogen and oxygen atoms in total. The molecule has 3 heteroatoms. The average Bonchev–Trinajstić information content (AvgIpc) is 2.18. The SMILES string of the molecule is COc1ccc(CC#N)cc1C#N. The summed E-state index contributed by atoms with van der Waals surface area (Å²) in [4.78, 5) is 0. The van der Waals surface area contributed by atoms with E-state index in [1.807, 2.05) is 12.1 Å². The Bertz CT molecular complexity index is 385. The summed E-state index contributed by atoms with van der Waals surface area (Å²) in [6.45, 7) is 0. The summed E-state index contributed by atoms with van der Waals surface area (Å²) in [6, 6.07) is 9.18. The monoisotopic (exact) mass is 172 g/mol. The third-order valence-corrected chi connectivity index (χ3v) is 1.67. The molecule has 0 bridgehead atoms. The smallest absolute Gasteiger partial charge is 0.136 e. The molecule has 0 amide bonds. The molecule has 0 aliphatic heterocycles. The van der Waals surface area contributed by atoms with Crippen LogP contribution in [-0.4, -0.2) is 7.11 Å². The van der Waals surface area contributed by atoms with Crippen molar-refractivity contribution in [3.8, 4) is 17.9 Å². The van der Waals surface area contributed by atoms with E-state index in [9.17, 15) is 0 Å². The number of hydrogen-bond donors (Lipinski definition) is 0. The molecule has 0 aliphatic rings. The molecule has 1 rings (SSSR count). The Morgan fingerprint density at radius 2 is 2.15 bits per heavy atom. The second-order valence-corrected chi connectivity index (χ2v) is 2.48. The number of benzene rings is 1. The van der Waals surface area contributed by atoms with Crippen molar-refractivity contribution >= 4 is 0 Å². The molecule has 64 valence electrons. The highest BCUT2D eigenvalue weighted by Crippen LogP contribution is 2.18. The molecule has 0 atom stereocenters. The van der Waals surface area contributed by atoms with Crippen molar-refractivity contribution in [3.63, 3.8) is 0 Å². The number of ether oxygens (including phenoxy) is 1. The van der Waals surface area contributed by atoms with Crippen molar-refractivity contribution in [2.75, 3.05) is 7.11 Å². The molecule has 0 unspecified atom stereocenters. The van der Waals surface area contributed by atoms with Crippen LogP contribution in [-0.2, 0) is 6.42 Å². The first-order valence-electron chi connectivity index (χ1n) is 3.75. The molecule has 1 aromatic carbocycles. The minimum absolute atomic E-state index is 0.318. The lowest BCUT2D eigenvalue weighted by Gasteiger charge is -2.02.